The highest BCUT2D eigenvalue weighted by molar-refractivity contribution is 5.92. The van der Waals surface area contributed by atoms with Crippen molar-refractivity contribution in [3.05, 3.63) is 36.0 Å². The van der Waals surface area contributed by atoms with Crippen molar-refractivity contribution in [1.82, 2.24) is 4.98 Å². The van der Waals surface area contributed by atoms with E-state index >= 15 is 0 Å². The average molecular weight is 268 g/mol. The van der Waals surface area contributed by atoms with Crippen molar-refractivity contribution in [1.29, 1.82) is 0 Å². The summed E-state index contributed by atoms with van der Waals surface area (Å²) in [5, 5.41) is 11.8. The molecule has 0 bridgehead atoms. The minimum Gasteiger partial charge on any atom is -0.390 e. The highest BCUT2D eigenvalue weighted by Gasteiger charge is 2.37. The molecule has 20 heavy (non-hydrogen) atoms. The van der Waals surface area contributed by atoms with Gasteiger partial charge in [-0.2, -0.15) is 0 Å². The number of nitrogens with zero attached hydrogens (tertiary/aromatic N) is 2. The van der Waals surface area contributed by atoms with Gasteiger partial charge in [0.25, 0.3) is 0 Å². The van der Waals surface area contributed by atoms with Gasteiger partial charge in [0.15, 0.2) is 0 Å². The van der Waals surface area contributed by atoms with E-state index in [9.17, 15) is 5.11 Å². The Hall–Kier alpha value is -1.61. The molecule has 3 heteroatoms. The maximum absolute atomic E-state index is 9.44. The first-order valence-electron chi connectivity index (χ1n) is 7.59. The van der Waals surface area contributed by atoms with Crippen molar-refractivity contribution in [2.24, 2.45) is 11.8 Å². The number of benzene rings is 1. The first-order chi connectivity index (χ1) is 9.85. The number of aliphatic hydroxyl groups is 1. The van der Waals surface area contributed by atoms with Gasteiger partial charge < -0.3 is 10.0 Å². The Labute approximate surface area is 119 Å². The number of fused-ring (bicyclic) bond motifs is 2. The Morgan fingerprint density at radius 2 is 1.90 bits per heavy atom. The lowest BCUT2D eigenvalue weighted by atomic mass is 10.0. The van der Waals surface area contributed by atoms with Crippen LogP contribution in [0.2, 0.25) is 0 Å². The summed E-state index contributed by atoms with van der Waals surface area (Å²) in [6.45, 7) is 2.28. The van der Waals surface area contributed by atoms with Crippen molar-refractivity contribution in [3.63, 3.8) is 0 Å². The maximum Gasteiger partial charge on any atom is 0.136 e. The van der Waals surface area contributed by atoms with Crippen LogP contribution in [0.25, 0.3) is 10.8 Å². The van der Waals surface area contributed by atoms with E-state index in [1.807, 2.05) is 12.1 Å². The highest BCUT2D eigenvalue weighted by atomic mass is 16.3. The summed E-state index contributed by atoms with van der Waals surface area (Å²) in [6.07, 6.45) is 4.14. The van der Waals surface area contributed by atoms with E-state index in [0.717, 1.165) is 36.4 Å². The number of anilines is 1. The maximum atomic E-state index is 9.44. The van der Waals surface area contributed by atoms with E-state index in [0.29, 0.717) is 0 Å². The van der Waals surface area contributed by atoms with Crippen molar-refractivity contribution in [3.8, 4) is 0 Å². The van der Waals surface area contributed by atoms with Crippen LogP contribution in [0.1, 0.15) is 25.0 Å². The van der Waals surface area contributed by atoms with Crippen LogP contribution in [0.4, 0.5) is 5.82 Å². The van der Waals surface area contributed by atoms with Crippen molar-refractivity contribution in [2.75, 3.05) is 18.0 Å². The lowest BCUT2D eigenvalue weighted by Crippen LogP contribution is -2.22. The Kier molecular flexibility index (Phi) is 2.88. The lowest BCUT2D eigenvalue weighted by Gasteiger charge is -2.21. The topological polar surface area (TPSA) is 36.4 Å². The summed E-state index contributed by atoms with van der Waals surface area (Å²) in [6, 6.07) is 10.4. The van der Waals surface area contributed by atoms with Gasteiger partial charge in [-0.1, -0.05) is 30.7 Å². The molecule has 3 nitrogen and oxygen atoms in total. The number of hydrogen-bond acceptors (Lipinski definition) is 3. The van der Waals surface area contributed by atoms with Gasteiger partial charge in [0.1, 0.15) is 5.82 Å². The fourth-order valence-electron chi connectivity index (χ4n) is 3.96. The van der Waals surface area contributed by atoms with Gasteiger partial charge in [-0.15, -0.1) is 0 Å². The molecular formula is C17H20N2O. The summed E-state index contributed by atoms with van der Waals surface area (Å²) in [5.41, 5.74) is 0.774. The summed E-state index contributed by atoms with van der Waals surface area (Å²) >= 11 is 0. The third-order valence-electron chi connectivity index (χ3n) is 4.96. The molecule has 1 saturated heterocycles. The van der Waals surface area contributed by atoms with Gasteiger partial charge in [0, 0.05) is 18.5 Å². The monoisotopic (exact) mass is 268 g/mol. The molecule has 1 aromatic carbocycles. The molecule has 104 valence electrons. The van der Waals surface area contributed by atoms with Crippen LogP contribution in [0, 0.1) is 11.8 Å². The number of hydrogen-bond donors (Lipinski definition) is 1. The normalized spacial score (nSPS) is 25.4. The molecule has 0 amide bonds. The zero-order chi connectivity index (χ0) is 13.5. The molecule has 1 aliphatic carbocycles. The molecule has 2 unspecified atom stereocenters. The van der Waals surface area contributed by atoms with E-state index in [1.165, 1.54) is 30.0 Å². The zero-order valence-electron chi connectivity index (χ0n) is 11.6. The molecule has 2 heterocycles. The molecule has 1 saturated carbocycles. The Morgan fingerprint density at radius 3 is 2.65 bits per heavy atom. The van der Waals surface area contributed by atoms with Crippen LogP contribution in [-0.4, -0.2) is 23.2 Å². The van der Waals surface area contributed by atoms with Gasteiger partial charge >= 0.3 is 0 Å². The number of aromatic nitrogens is 1. The lowest BCUT2D eigenvalue weighted by molar-refractivity contribution is 0.277. The third kappa shape index (κ3) is 1.88. The van der Waals surface area contributed by atoms with Crippen LogP contribution >= 0.6 is 0 Å². The second-order valence-corrected chi connectivity index (χ2v) is 6.17. The Morgan fingerprint density at radius 1 is 1.15 bits per heavy atom. The molecule has 2 aromatic rings. The highest BCUT2D eigenvalue weighted by Crippen LogP contribution is 2.40. The number of pyridine rings is 1. The largest absolute Gasteiger partial charge is 0.390 e. The summed E-state index contributed by atoms with van der Waals surface area (Å²) in [7, 11) is 0. The van der Waals surface area contributed by atoms with Gasteiger partial charge in [-0.3, -0.25) is 0 Å². The molecule has 2 atom stereocenters. The summed E-state index contributed by atoms with van der Waals surface area (Å²) < 4.78 is 0. The SMILES string of the molecule is OCc1cc2ccccc2c(N2CC3CCCC3C2)n1. The molecule has 2 aliphatic rings. The van der Waals surface area contributed by atoms with E-state index in [2.05, 4.69) is 23.1 Å². The minimum atomic E-state index is 0.0124. The fraction of sp³-hybridized carbons (Fsp3) is 0.471. The van der Waals surface area contributed by atoms with Gasteiger partial charge in [-0.05, 0) is 36.1 Å². The first kappa shape index (κ1) is 12.2. The van der Waals surface area contributed by atoms with Gasteiger partial charge in [-0.25, -0.2) is 4.98 Å². The van der Waals surface area contributed by atoms with Gasteiger partial charge in [0.05, 0.1) is 12.3 Å². The van der Waals surface area contributed by atoms with E-state index < -0.39 is 0 Å². The molecule has 1 aliphatic heterocycles. The Balaban J connectivity index is 1.78. The van der Waals surface area contributed by atoms with E-state index in [-0.39, 0.29) is 6.61 Å². The average Bonchev–Trinajstić information content (AvgIpc) is 3.07. The van der Waals surface area contributed by atoms with E-state index in [4.69, 9.17) is 4.98 Å². The molecular weight excluding hydrogens is 248 g/mol. The standard InChI is InChI=1S/C17H20N2O/c20-11-15-8-12-4-1-2-7-16(12)17(18-15)19-9-13-5-3-6-14(13)10-19/h1-2,4,7-8,13-14,20H,3,5-6,9-11H2. The molecule has 4 rings (SSSR count). The molecule has 1 N–H and O–H groups in total. The Bertz CT molecular complexity index is 628. The summed E-state index contributed by atoms with van der Waals surface area (Å²) in [4.78, 5) is 7.15. The van der Waals surface area contributed by atoms with Crippen LogP contribution in [0.5, 0.6) is 0 Å². The predicted molar refractivity (Wildman–Crippen MR) is 80.7 cm³/mol. The molecule has 0 radical (unpaired) electrons. The number of rotatable bonds is 2. The minimum absolute atomic E-state index is 0.0124. The first-order valence-corrected chi connectivity index (χ1v) is 7.59. The second kappa shape index (κ2) is 4.74. The quantitative estimate of drug-likeness (QED) is 0.909. The third-order valence-corrected chi connectivity index (χ3v) is 4.96. The van der Waals surface area contributed by atoms with Crippen LogP contribution < -0.4 is 4.90 Å². The summed E-state index contributed by atoms with van der Waals surface area (Å²) in [5.74, 6) is 2.78. The van der Waals surface area contributed by atoms with Crippen LogP contribution in [-0.2, 0) is 6.61 Å². The van der Waals surface area contributed by atoms with Gasteiger partial charge in [0.2, 0.25) is 0 Å². The second-order valence-electron chi connectivity index (χ2n) is 6.17. The van der Waals surface area contributed by atoms with E-state index in [1.54, 1.807) is 0 Å². The van der Waals surface area contributed by atoms with Crippen molar-refractivity contribution in [2.45, 2.75) is 25.9 Å². The van der Waals surface area contributed by atoms with Crippen LogP contribution in [0.15, 0.2) is 30.3 Å². The van der Waals surface area contributed by atoms with Crippen LogP contribution in [0.3, 0.4) is 0 Å². The smallest absolute Gasteiger partial charge is 0.136 e. The predicted octanol–water partition coefficient (Wildman–Crippen LogP) is 2.96. The number of aliphatic hydroxyl groups excluding tert-OH is 1. The van der Waals surface area contributed by atoms with Crippen molar-refractivity contribution < 1.29 is 5.11 Å². The fourth-order valence-corrected chi connectivity index (χ4v) is 3.96. The molecule has 1 aromatic heterocycles. The molecule has 2 fully saturated rings. The zero-order valence-corrected chi connectivity index (χ0v) is 11.6. The van der Waals surface area contributed by atoms with Crippen molar-refractivity contribution >= 4 is 16.6 Å². The molecule has 0 spiro atoms.